The van der Waals surface area contributed by atoms with Crippen molar-refractivity contribution in [2.75, 3.05) is 33.4 Å². The molecule has 0 bridgehead atoms. The second kappa shape index (κ2) is 9.03. The van der Waals surface area contributed by atoms with Crippen molar-refractivity contribution >= 4 is 23.5 Å². The number of methoxy groups -OCH3 is 3. The smallest absolute Gasteiger partial charge is 0.340 e. The minimum absolute atomic E-state index is 0.00655. The van der Waals surface area contributed by atoms with Crippen LogP contribution in [0.1, 0.15) is 15.9 Å². The van der Waals surface area contributed by atoms with E-state index < -0.39 is 17.8 Å². The lowest BCUT2D eigenvalue weighted by molar-refractivity contribution is -0.136. The fourth-order valence-corrected chi connectivity index (χ4v) is 2.75. The van der Waals surface area contributed by atoms with Crippen molar-refractivity contribution < 1.29 is 38.1 Å². The molecule has 0 radical (unpaired) electrons. The summed E-state index contributed by atoms with van der Waals surface area (Å²) in [5.41, 5.74) is 0.775. The molecule has 0 aromatic heterocycles. The van der Waals surface area contributed by atoms with Gasteiger partial charge in [0, 0.05) is 18.7 Å². The summed E-state index contributed by atoms with van der Waals surface area (Å²) in [7, 11) is 4.00. The first-order valence-electron chi connectivity index (χ1n) is 8.78. The van der Waals surface area contributed by atoms with E-state index in [9.17, 15) is 14.4 Å². The fourth-order valence-electron chi connectivity index (χ4n) is 2.75. The minimum atomic E-state index is -0.965. The Labute approximate surface area is 172 Å². The van der Waals surface area contributed by atoms with Crippen LogP contribution in [0.2, 0.25) is 0 Å². The van der Waals surface area contributed by atoms with Gasteiger partial charge in [-0.15, -0.1) is 0 Å². The van der Waals surface area contributed by atoms with Crippen molar-refractivity contribution in [1.29, 1.82) is 0 Å². The van der Waals surface area contributed by atoms with Gasteiger partial charge in [-0.2, -0.15) is 0 Å². The van der Waals surface area contributed by atoms with Crippen molar-refractivity contribution in [3.63, 3.8) is 0 Å². The normalized spacial score (nSPS) is 11.4. The maximum Gasteiger partial charge on any atom is 0.340 e. The average Bonchev–Trinajstić information content (AvgIpc) is 3.24. The van der Waals surface area contributed by atoms with Crippen LogP contribution in [0.25, 0.3) is 0 Å². The van der Waals surface area contributed by atoms with Gasteiger partial charge in [-0.1, -0.05) is 6.07 Å². The first-order chi connectivity index (χ1) is 14.5. The Morgan fingerprint density at radius 1 is 0.933 bits per heavy atom. The Morgan fingerprint density at radius 2 is 1.63 bits per heavy atom. The van der Waals surface area contributed by atoms with Crippen molar-refractivity contribution in [3.8, 4) is 23.0 Å². The molecule has 0 saturated carbocycles. The van der Waals surface area contributed by atoms with E-state index in [0.717, 1.165) is 5.56 Å². The lowest BCUT2D eigenvalue weighted by atomic mass is 10.1. The molecule has 1 aliphatic rings. The average molecular weight is 416 g/mol. The van der Waals surface area contributed by atoms with E-state index in [2.05, 4.69) is 10.6 Å². The number of hydrogen-bond acceptors (Lipinski definition) is 8. The summed E-state index contributed by atoms with van der Waals surface area (Å²) in [4.78, 5) is 36.6. The van der Waals surface area contributed by atoms with E-state index in [1.165, 1.54) is 33.5 Å². The highest BCUT2D eigenvalue weighted by molar-refractivity contribution is 6.40. The van der Waals surface area contributed by atoms with Crippen LogP contribution in [-0.4, -0.2) is 45.9 Å². The number of rotatable bonds is 6. The van der Waals surface area contributed by atoms with E-state index in [-0.39, 0.29) is 36.1 Å². The molecule has 0 spiro atoms. The summed E-state index contributed by atoms with van der Waals surface area (Å²) in [5.74, 6) is -0.853. The maximum atomic E-state index is 12.3. The Bertz CT molecular complexity index is 989. The van der Waals surface area contributed by atoms with E-state index in [4.69, 9.17) is 23.7 Å². The summed E-state index contributed by atoms with van der Waals surface area (Å²) in [6.07, 6.45) is 0. The molecule has 0 saturated heterocycles. The molecule has 2 aromatic carbocycles. The zero-order chi connectivity index (χ0) is 21.7. The Kier molecular flexibility index (Phi) is 6.26. The molecule has 1 heterocycles. The van der Waals surface area contributed by atoms with Gasteiger partial charge in [0.25, 0.3) is 0 Å². The third-order valence-electron chi connectivity index (χ3n) is 4.27. The molecule has 0 atom stereocenters. The van der Waals surface area contributed by atoms with Gasteiger partial charge in [0.1, 0.15) is 0 Å². The molecular formula is C20H20N2O8. The second-order valence-electron chi connectivity index (χ2n) is 6.07. The maximum absolute atomic E-state index is 12.3. The molecule has 3 rings (SSSR count). The third-order valence-corrected chi connectivity index (χ3v) is 4.27. The highest BCUT2D eigenvalue weighted by atomic mass is 16.7. The molecule has 0 unspecified atom stereocenters. The van der Waals surface area contributed by atoms with Crippen LogP contribution in [-0.2, 0) is 20.9 Å². The van der Waals surface area contributed by atoms with Crippen molar-refractivity contribution in [3.05, 3.63) is 41.5 Å². The fraction of sp³-hybridized carbons (Fsp3) is 0.250. The number of benzene rings is 2. The summed E-state index contributed by atoms with van der Waals surface area (Å²) in [6.45, 7) is 0.236. The van der Waals surface area contributed by atoms with E-state index in [1.54, 1.807) is 18.2 Å². The van der Waals surface area contributed by atoms with E-state index in [1.807, 2.05) is 0 Å². The van der Waals surface area contributed by atoms with Gasteiger partial charge in [-0.05, 0) is 17.7 Å². The summed E-state index contributed by atoms with van der Waals surface area (Å²) in [6, 6.07) is 7.90. The second-order valence-corrected chi connectivity index (χ2v) is 6.07. The number of anilines is 1. The predicted molar refractivity (Wildman–Crippen MR) is 104 cm³/mol. The quantitative estimate of drug-likeness (QED) is 0.536. The molecule has 1 aliphatic heterocycles. The number of amides is 2. The monoisotopic (exact) mass is 416 g/mol. The lowest BCUT2D eigenvalue weighted by Crippen LogP contribution is -2.35. The van der Waals surface area contributed by atoms with Crippen molar-refractivity contribution in [2.24, 2.45) is 0 Å². The Morgan fingerprint density at radius 3 is 2.33 bits per heavy atom. The van der Waals surface area contributed by atoms with Crippen LogP contribution in [0, 0.1) is 0 Å². The highest BCUT2D eigenvalue weighted by Gasteiger charge is 2.22. The number of fused-ring (bicyclic) bond motifs is 1. The Hall–Kier alpha value is -3.95. The molecule has 2 amide bonds. The van der Waals surface area contributed by atoms with Gasteiger partial charge in [0.05, 0.1) is 32.6 Å². The molecule has 2 aromatic rings. The number of hydrogen-bond donors (Lipinski definition) is 2. The minimum Gasteiger partial charge on any atom is -0.493 e. The first-order valence-corrected chi connectivity index (χ1v) is 8.78. The number of nitrogens with one attached hydrogen (secondary N) is 2. The molecule has 0 aliphatic carbocycles. The van der Waals surface area contributed by atoms with Gasteiger partial charge in [0.2, 0.25) is 6.79 Å². The molecule has 158 valence electrons. The number of carbonyl (C=O) groups excluding carboxylic acids is 3. The number of ether oxygens (including phenoxy) is 5. The van der Waals surface area contributed by atoms with Gasteiger partial charge < -0.3 is 34.3 Å². The zero-order valence-corrected chi connectivity index (χ0v) is 16.6. The lowest BCUT2D eigenvalue weighted by Gasteiger charge is -2.14. The molecule has 30 heavy (non-hydrogen) atoms. The van der Waals surface area contributed by atoms with Crippen LogP contribution in [0.4, 0.5) is 5.69 Å². The van der Waals surface area contributed by atoms with E-state index >= 15 is 0 Å². The van der Waals surface area contributed by atoms with Gasteiger partial charge >= 0.3 is 17.8 Å². The van der Waals surface area contributed by atoms with Crippen LogP contribution >= 0.6 is 0 Å². The Balaban J connectivity index is 1.71. The zero-order valence-electron chi connectivity index (χ0n) is 16.6. The van der Waals surface area contributed by atoms with Crippen LogP contribution in [0.3, 0.4) is 0 Å². The molecule has 2 N–H and O–H groups in total. The highest BCUT2D eigenvalue weighted by Crippen LogP contribution is 2.34. The summed E-state index contributed by atoms with van der Waals surface area (Å²) >= 11 is 0. The van der Waals surface area contributed by atoms with Gasteiger partial charge in [-0.3, -0.25) is 9.59 Å². The number of esters is 1. The SMILES string of the molecule is COC(=O)c1cc(OC)c(OC)cc1NC(=O)C(=O)NCc1ccc2c(c1)OCO2. The van der Waals surface area contributed by atoms with Crippen molar-refractivity contribution in [2.45, 2.75) is 6.54 Å². The molecule has 10 nitrogen and oxygen atoms in total. The third kappa shape index (κ3) is 4.37. The van der Waals surface area contributed by atoms with E-state index in [0.29, 0.717) is 11.5 Å². The predicted octanol–water partition coefficient (Wildman–Crippen LogP) is 1.47. The standard InChI is InChI=1S/C20H20N2O8/c1-26-15-7-12(20(25)28-3)13(8-16(15)27-2)22-19(24)18(23)21-9-11-4-5-14-17(6-11)30-10-29-14/h4-8H,9-10H2,1-3H3,(H,21,23)(H,22,24). The molecule has 10 heteroatoms. The largest absolute Gasteiger partial charge is 0.493 e. The van der Waals surface area contributed by atoms with Crippen LogP contribution in [0.5, 0.6) is 23.0 Å². The van der Waals surface area contributed by atoms with Crippen LogP contribution < -0.4 is 29.6 Å². The number of carbonyl (C=O) groups is 3. The summed E-state index contributed by atoms with van der Waals surface area (Å²) in [5, 5.41) is 4.90. The first kappa shape index (κ1) is 20.8. The van der Waals surface area contributed by atoms with Crippen LogP contribution in [0.15, 0.2) is 30.3 Å². The van der Waals surface area contributed by atoms with Gasteiger partial charge in [-0.25, -0.2) is 4.79 Å². The van der Waals surface area contributed by atoms with Crippen molar-refractivity contribution in [1.82, 2.24) is 5.32 Å². The molecule has 0 fully saturated rings. The van der Waals surface area contributed by atoms with Gasteiger partial charge in [0.15, 0.2) is 23.0 Å². The molecular weight excluding hydrogens is 396 g/mol. The summed E-state index contributed by atoms with van der Waals surface area (Å²) < 4.78 is 25.6. The topological polar surface area (TPSA) is 121 Å².